The SMILES string of the molecule is CCNC(CCc1cccnc1)CCC(C)C. The van der Waals surface area contributed by atoms with Crippen LogP contribution in [0.15, 0.2) is 24.5 Å². The Morgan fingerprint density at radius 2 is 2.06 bits per heavy atom. The Morgan fingerprint density at radius 3 is 2.65 bits per heavy atom. The van der Waals surface area contributed by atoms with Crippen molar-refractivity contribution in [3.63, 3.8) is 0 Å². The van der Waals surface area contributed by atoms with Crippen molar-refractivity contribution >= 4 is 0 Å². The molecular weight excluding hydrogens is 208 g/mol. The monoisotopic (exact) mass is 234 g/mol. The van der Waals surface area contributed by atoms with Gasteiger partial charge in [0, 0.05) is 18.4 Å². The highest BCUT2D eigenvalue weighted by Gasteiger charge is 2.08. The second-order valence-electron chi connectivity index (χ2n) is 5.13. The van der Waals surface area contributed by atoms with Gasteiger partial charge in [-0.15, -0.1) is 0 Å². The van der Waals surface area contributed by atoms with E-state index in [-0.39, 0.29) is 0 Å². The molecule has 17 heavy (non-hydrogen) atoms. The lowest BCUT2D eigenvalue weighted by Gasteiger charge is -2.18. The molecule has 0 aliphatic heterocycles. The molecule has 0 spiro atoms. The third kappa shape index (κ3) is 6.42. The highest BCUT2D eigenvalue weighted by molar-refractivity contribution is 5.08. The smallest absolute Gasteiger partial charge is 0.0299 e. The van der Waals surface area contributed by atoms with Gasteiger partial charge in [0.1, 0.15) is 0 Å². The minimum absolute atomic E-state index is 0.655. The van der Waals surface area contributed by atoms with Gasteiger partial charge in [-0.25, -0.2) is 0 Å². The normalized spacial score (nSPS) is 12.9. The molecule has 1 aromatic heterocycles. The third-order valence-electron chi connectivity index (χ3n) is 3.09. The second-order valence-corrected chi connectivity index (χ2v) is 5.13. The molecule has 0 bridgehead atoms. The van der Waals surface area contributed by atoms with E-state index in [1.54, 1.807) is 0 Å². The molecule has 0 saturated carbocycles. The van der Waals surface area contributed by atoms with Crippen molar-refractivity contribution in [1.29, 1.82) is 0 Å². The first-order chi connectivity index (χ1) is 8.22. The van der Waals surface area contributed by atoms with Crippen LogP contribution in [-0.4, -0.2) is 17.6 Å². The Bertz CT molecular complexity index is 282. The van der Waals surface area contributed by atoms with Gasteiger partial charge < -0.3 is 5.32 Å². The lowest BCUT2D eigenvalue weighted by atomic mass is 9.98. The highest BCUT2D eigenvalue weighted by Crippen LogP contribution is 2.12. The first-order valence-electron chi connectivity index (χ1n) is 6.84. The van der Waals surface area contributed by atoms with E-state index in [0.29, 0.717) is 6.04 Å². The summed E-state index contributed by atoms with van der Waals surface area (Å²) in [5.74, 6) is 0.801. The van der Waals surface area contributed by atoms with Crippen molar-refractivity contribution in [3.8, 4) is 0 Å². The van der Waals surface area contributed by atoms with Crippen LogP contribution >= 0.6 is 0 Å². The summed E-state index contributed by atoms with van der Waals surface area (Å²) in [6, 6.07) is 4.84. The number of nitrogens with zero attached hydrogens (tertiary/aromatic N) is 1. The van der Waals surface area contributed by atoms with Crippen LogP contribution in [0.3, 0.4) is 0 Å². The van der Waals surface area contributed by atoms with Gasteiger partial charge in [-0.3, -0.25) is 4.98 Å². The minimum atomic E-state index is 0.655. The van der Waals surface area contributed by atoms with Crippen molar-refractivity contribution in [3.05, 3.63) is 30.1 Å². The van der Waals surface area contributed by atoms with Gasteiger partial charge in [0.2, 0.25) is 0 Å². The topological polar surface area (TPSA) is 24.9 Å². The molecule has 0 radical (unpaired) electrons. The van der Waals surface area contributed by atoms with E-state index in [0.717, 1.165) is 18.9 Å². The molecular formula is C15H26N2. The lowest BCUT2D eigenvalue weighted by Crippen LogP contribution is -2.29. The van der Waals surface area contributed by atoms with Crippen LogP contribution in [0.2, 0.25) is 0 Å². The van der Waals surface area contributed by atoms with E-state index in [1.807, 2.05) is 18.5 Å². The van der Waals surface area contributed by atoms with Crippen molar-refractivity contribution < 1.29 is 0 Å². The first-order valence-corrected chi connectivity index (χ1v) is 6.84. The zero-order chi connectivity index (χ0) is 12.5. The fraction of sp³-hybridized carbons (Fsp3) is 0.667. The molecule has 2 nitrogen and oxygen atoms in total. The van der Waals surface area contributed by atoms with Crippen molar-refractivity contribution in [1.82, 2.24) is 10.3 Å². The summed E-state index contributed by atoms with van der Waals surface area (Å²) < 4.78 is 0. The number of rotatable bonds is 8. The van der Waals surface area contributed by atoms with Crippen LogP contribution in [0.1, 0.15) is 45.6 Å². The molecule has 0 amide bonds. The second kappa shape index (κ2) is 8.24. The molecule has 0 aliphatic rings. The average molecular weight is 234 g/mol. The Labute approximate surface area is 106 Å². The molecule has 1 N–H and O–H groups in total. The third-order valence-corrected chi connectivity index (χ3v) is 3.09. The van der Waals surface area contributed by atoms with Crippen LogP contribution in [0.5, 0.6) is 0 Å². The first kappa shape index (κ1) is 14.2. The summed E-state index contributed by atoms with van der Waals surface area (Å²) in [6.45, 7) is 7.84. The zero-order valence-corrected chi connectivity index (χ0v) is 11.4. The van der Waals surface area contributed by atoms with E-state index >= 15 is 0 Å². The van der Waals surface area contributed by atoms with Gasteiger partial charge in [-0.1, -0.05) is 26.8 Å². The molecule has 1 heterocycles. The quantitative estimate of drug-likeness (QED) is 0.745. The molecule has 0 saturated heterocycles. The van der Waals surface area contributed by atoms with E-state index in [1.165, 1.54) is 24.8 Å². The van der Waals surface area contributed by atoms with Crippen LogP contribution < -0.4 is 5.32 Å². The Morgan fingerprint density at radius 1 is 1.24 bits per heavy atom. The number of aromatic nitrogens is 1. The number of pyridine rings is 1. The maximum absolute atomic E-state index is 4.16. The van der Waals surface area contributed by atoms with Crippen molar-refractivity contribution in [2.75, 3.05) is 6.54 Å². The van der Waals surface area contributed by atoms with Crippen molar-refractivity contribution in [2.24, 2.45) is 5.92 Å². The van der Waals surface area contributed by atoms with Crippen LogP contribution in [0, 0.1) is 5.92 Å². The summed E-state index contributed by atoms with van der Waals surface area (Å²) in [7, 11) is 0. The standard InChI is InChI=1S/C15H26N2/c1-4-17-15(9-7-13(2)3)10-8-14-6-5-11-16-12-14/h5-6,11-13,15,17H,4,7-10H2,1-3H3. The molecule has 96 valence electrons. The van der Waals surface area contributed by atoms with Crippen LogP contribution in [-0.2, 0) is 6.42 Å². The van der Waals surface area contributed by atoms with Gasteiger partial charge in [0.15, 0.2) is 0 Å². The van der Waals surface area contributed by atoms with Gasteiger partial charge in [-0.05, 0) is 49.8 Å². The predicted molar refractivity (Wildman–Crippen MR) is 74.1 cm³/mol. The summed E-state index contributed by atoms with van der Waals surface area (Å²) >= 11 is 0. The van der Waals surface area contributed by atoms with E-state index in [2.05, 4.69) is 37.1 Å². The highest BCUT2D eigenvalue weighted by atomic mass is 14.9. The van der Waals surface area contributed by atoms with E-state index in [9.17, 15) is 0 Å². The Balaban J connectivity index is 2.33. The fourth-order valence-corrected chi connectivity index (χ4v) is 2.06. The molecule has 0 aromatic carbocycles. The Kier molecular flexibility index (Phi) is 6.87. The summed E-state index contributed by atoms with van der Waals surface area (Å²) in [6.07, 6.45) is 8.75. The maximum Gasteiger partial charge on any atom is 0.0299 e. The zero-order valence-electron chi connectivity index (χ0n) is 11.4. The maximum atomic E-state index is 4.16. The Hall–Kier alpha value is -0.890. The van der Waals surface area contributed by atoms with E-state index < -0.39 is 0 Å². The fourth-order valence-electron chi connectivity index (χ4n) is 2.06. The molecule has 2 heteroatoms. The molecule has 1 unspecified atom stereocenters. The lowest BCUT2D eigenvalue weighted by molar-refractivity contribution is 0.417. The number of aryl methyl sites for hydroxylation is 1. The molecule has 1 rings (SSSR count). The number of nitrogens with one attached hydrogen (secondary N) is 1. The molecule has 0 fully saturated rings. The van der Waals surface area contributed by atoms with Crippen LogP contribution in [0.25, 0.3) is 0 Å². The summed E-state index contributed by atoms with van der Waals surface area (Å²) in [4.78, 5) is 4.16. The van der Waals surface area contributed by atoms with Crippen LogP contribution in [0.4, 0.5) is 0 Å². The average Bonchev–Trinajstić information content (AvgIpc) is 2.34. The molecule has 0 aliphatic carbocycles. The number of hydrogen-bond donors (Lipinski definition) is 1. The minimum Gasteiger partial charge on any atom is -0.314 e. The molecule has 1 aromatic rings. The molecule has 1 atom stereocenters. The number of hydrogen-bond acceptors (Lipinski definition) is 2. The van der Waals surface area contributed by atoms with E-state index in [4.69, 9.17) is 0 Å². The van der Waals surface area contributed by atoms with Crippen molar-refractivity contribution in [2.45, 2.75) is 52.5 Å². The largest absolute Gasteiger partial charge is 0.314 e. The summed E-state index contributed by atoms with van der Waals surface area (Å²) in [5.41, 5.74) is 1.35. The predicted octanol–water partition coefficient (Wildman–Crippen LogP) is 3.43. The van der Waals surface area contributed by atoms with Gasteiger partial charge in [0.25, 0.3) is 0 Å². The summed E-state index contributed by atoms with van der Waals surface area (Å²) in [5, 5.41) is 3.59. The van der Waals surface area contributed by atoms with Gasteiger partial charge in [-0.2, -0.15) is 0 Å². The van der Waals surface area contributed by atoms with Gasteiger partial charge >= 0.3 is 0 Å². The van der Waals surface area contributed by atoms with Gasteiger partial charge in [0.05, 0.1) is 0 Å².